The highest BCUT2D eigenvalue weighted by Crippen LogP contribution is 2.23. The van der Waals surface area contributed by atoms with Crippen LogP contribution in [0.1, 0.15) is 35.5 Å². The number of nitrogens with zero attached hydrogens (tertiary/aromatic N) is 3. The molecule has 0 bridgehead atoms. The number of methoxy groups -OCH3 is 1. The quantitative estimate of drug-likeness (QED) is 0.805. The van der Waals surface area contributed by atoms with Gasteiger partial charge in [-0.05, 0) is 31.5 Å². The highest BCUT2D eigenvalue weighted by atomic mass is 16.5. The van der Waals surface area contributed by atoms with Crippen molar-refractivity contribution < 1.29 is 18.8 Å². The van der Waals surface area contributed by atoms with Crippen LogP contribution in [-0.2, 0) is 6.61 Å². The van der Waals surface area contributed by atoms with Crippen LogP contribution >= 0.6 is 0 Å². The van der Waals surface area contributed by atoms with E-state index in [4.69, 9.17) is 14.0 Å². The number of fused-ring (bicyclic) bond motifs is 1. The Labute approximate surface area is 158 Å². The maximum Gasteiger partial charge on any atom is 0.276 e. The fourth-order valence-electron chi connectivity index (χ4n) is 3.83. The van der Waals surface area contributed by atoms with Crippen LogP contribution in [0.4, 0.5) is 0 Å². The van der Waals surface area contributed by atoms with Crippen molar-refractivity contribution >= 4 is 5.91 Å². The largest absolute Gasteiger partial charge is 0.497 e. The molecule has 27 heavy (non-hydrogen) atoms. The van der Waals surface area contributed by atoms with E-state index < -0.39 is 0 Å². The van der Waals surface area contributed by atoms with Gasteiger partial charge >= 0.3 is 0 Å². The first-order chi connectivity index (χ1) is 13.2. The summed E-state index contributed by atoms with van der Waals surface area (Å²) in [6.07, 6.45) is 3.69. The first-order valence-electron chi connectivity index (χ1n) is 9.49. The number of carbonyl (C=O) groups excluding carboxylic acids is 1. The summed E-state index contributed by atoms with van der Waals surface area (Å²) in [4.78, 5) is 17.2. The maximum atomic E-state index is 12.8. The second kappa shape index (κ2) is 8.00. The standard InChI is InChI=1S/C20H25N3O4/c1-25-16-6-4-7-17(11-16)26-14-18-12-19(21-27-18)20(24)23-10-9-22-8-3-2-5-15(22)13-23/h4,6-7,11-12,15H,2-3,5,8-10,13-14H2,1H3/t15-/m1/s1. The van der Waals surface area contributed by atoms with E-state index in [2.05, 4.69) is 10.1 Å². The lowest BCUT2D eigenvalue weighted by molar-refractivity contribution is 0.0365. The summed E-state index contributed by atoms with van der Waals surface area (Å²) < 4.78 is 16.2. The molecule has 0 unspecified atom stereocenters. The van der Waals surface area contributed by atoms with Crippen molar-refractivity contribution in [2.24, 2.45) is 0 Å². The molecular weight excluding hydrogens is 346 g/mol. The molecule has 4 rings (SSSR count). The van der Waals surface area contributed by atoms with Gasteiger partial charge in [-0.2, -0.15) is 0 Å². The van der Waals surface area contributed by atoms with Crippen molar-refractivity contribution in [3.63, 3.8) is 0 Å². The summed E-state index contributed by atoms with van der Waals surface area (Å²) in [5.74, 6) is 1.86. The third-order valence-electron chi connectivity index (χ3n) is 5.32. The van der Waals surface area contributed by atoms with Gasteiger partial charge in [0.1, 0.15) is 18.1 Å². The molecule has 2 aliphatic heterocycles. The van der Waals surface area contributed by atoms with Crippen LogP contribution in [0.5, 0.6) is 11.5 Å². The van der Waals surface area contributed by atoms with Gasteiger partial charge in [0, 0.05) is 37.8 Å². The molecule has 1 atom stereocenters. The molecule has 1 aromatic heterocycles. The van der Waals surface area contributed by atoms with Crippen molar-refractivity contribution in [3.05, 3.63) is 41.8 Å². The summed E-state index contributed by atoms with van der Waals surface area (Å²) in [7, 11) is 1.61. The normalized spacial score (nSPS) is 20.2. The Bertz CT molecular complexity index is 791. The van der Waals surface area contributed by atoms with Crippen LogP contribution in [0, 0.1) is 0 Å². The average Bonchev–Trinajstić information content (AvgIpc) is 3.20. The van der Waals surface area contributed by atoms with Crippen LogP contribution in [0.3, 0.4) is 0 Å². The number of benzene rings is 1. The topological polar surface area (TPSA) is 68.0 Å². The molecular formula is C20H25N3O4. The molecule has 0 radical (unpaired) electrons. The van der Waals surface area contributed by atoms with E-state index in [9.17, 15) is 4.79 Å². The van der Waals surface area contributed by atoms with Gasteiger partial charge in [0.05, 0.1) is 7.11 Å². The minimum absolute atomic E-state index is 0.0587. The Hall–Kier alpha value is -2.54. The Morgan fingerprint density at radius 2 is 2.11 bits per heavy atom. The van der Waals surface area contributed by atoms with Gasteiger partial charge in [-0.1, -0.05) is 17.6 Å². The molecule has 0 aliphatic carbocycles. The smallest absolute Gasteiger partial charge is 0.276 e. The van der Waals surface area contributed by atoms with Gasteiger partial charge in [0.15, 0.2) is 11.5 Å². The van der Waals surface area contributed by atoms with Gasteiger partial charge in [0.25, 0.3) is 5.91 Å². The molecule has 0 saturated carbocycles. The zero-order valence-electron chi connectivity index (χ0n) is 15.6. The Balaban J connectivity index is 1.35. The maximum absolute atomic E-state index is 12.8. The number of ether oxygens (including phenoxy) is 2. The van der Waals surface area contributed by atoms with E-state index >= 15 is 0 Å². The molecule has 1 aromatic carbocycles. The van der Waals surface area contributed by atoms with Crippen LogP contribution < -0.4 is 9.47 Å². The van der Waals surface area contributed by atoms with Gasteiger partial charge in [-0.3, -0.25) is 9.69 Å². The SMILES string of the molecule is COc1cccc(OCc2cc(C(=O)N3CCN4CCCC[C@@H]4C3)no2)c1. The third-order valence-corrected chi connectivity index (χ3v) is 5.32. The lowest BCUT2D eigenvalue weighted by atomic mass is 9.99. The molecule has 0 spiro atoms. The van der Waals surface area contributed by atoms with Gasteiger partial charge in [0.2, 0.25) is 0 Å². The fraction of sp³-hybridized carbons (Fsp3) is 0.500. The van der Waals surface area contributed by atoms with Crippen LogP contribution in [0.25, 0.3) is 0 Å². The zero-order valence-corrected chi connectivity index (χ0v) is 15.6. The molecule has 7 heteroatoms. The highest BCUT2D eigenvalue weighted by Gasteiger charge is 2.32. The first kappa shape index (κ1) is 17.9. The number of rotatable bonds is 5. The number of hydrogen-bond acceptors (Lipinski definition) is 6. The van der Waals surface area contributed by atoms with Crippen molar-refractivity contribution in [3.8, 4) is 11.5 Å². The van der Waals surface area contributed by atoms with E-state index in [-0.39, 0.29) is 12.5 Å². The van der Waals surface area contributed by atoms with Crippen LogP contribution in [0.15, 0.2) is 34.9 Å². The molecule has 2 saturated heterocycles. The zero-order chi connectivity index (χ0) is 18.6. The van der Waals surface area contributed by atoms with Gasteiger partial charge < -0.3 is 18.9 Å². The lowest BCUT2D eigenvalue weighted by Gasteiger charge is -2.43. The summed E-state index contributed by atoms with van der Waals surface area (Å²) in [5, 5.41) is 3.96. The van der Waals surface area contributed by atoms with Crippen molar-refractivity contribution in [1.82, 2.24) is 15.0 Å². The Morgan fingerprint density at radius 3 is 3.00 bits per heavy atom. The molecule has 0 N–H and O–H groups in total. The van der Waals surface area contributed by atoms with Gasteiger partial charge in [-0.15, -0.1) is 0 Å². The van der Waals surface area contributed by atoms with Crippen molar-refractivity contribution in [2.75, 3.05) is 33.3 Å². The summed E-state index contributed by atoms with van der Waals surface area (Å²) in [6.45, 7) is 3.84. The number of piperazine rings is 1. The van der Waals surface area contributed by atoms with Crippen molar-refractivity contribution in [1.29, 1.82) is 0 Å². The second-order valence-electron chi connectivity index (χ2n) is 7.08. The lowest BCUT2D eigenvalue weighted by Crippen LogP contribution is -2.56. The molecule has 1 amide bonds. The predicted molar refractivity (Wildman–Crippen MR) is 98.9 cm³/mol. The summed E-state index contributed by atoms with van der Waals surface area (Å²) in [6, 6.07) is 9.51. The summed E-state index contributed by atoms with van der Waals surface area (Å²) in [5.41, 5.74) is 0.350. The molecule has 7 nitrogen and oxygen atoms in total. The minimum atomic E-state index is -0.0587. The number of carbonyl (C=O) groups is 1. The number of piperidine rings is 1. The molecule has 144 valence electrons. The predicted octanol–water partition coefficient (Wildman–Crippen LogP) is 2.57. The van der Waals surface area contributed by atoms with E-state index in [1.165, 1.54) is 19.3 Å². The second-order valence-corrected chi connectivity index (χ2v) is 7.08. The van der Waals surface area contributed by atoms with E-state index in [0.717, 1.165) is 31.9 Å². The summed E-state index contributed by atoms with van der Waals surface area (Å²) >= 11 is 0. The van der Waals surface area contributed by atoms with Crippen molar-refractivity contribution in [2.45, 2.75) is 31.9 Å². The minimum Gasteiger partial charge on any atom is -0.497 e. The number of amides is 1. The fourth-order valence-corrected chi connectivity index (χ4v) is 3.83. The van der Waals surface area contributed by atoms with Crippen LogP contribution in [-0.4, -0.2) is 60.2 Å². The molecule has 2 aliphatic rings. The Kier molecular flexibility index (Phi) is 5.29. The van der Waals surface area contributed by atoms with E-state index in [1.54, 1.807) is 19.2 Å². The Morgan fingerprint density at radius 1 is 1.22 bits per heavy atom. The number of hydrogen-bond donors (Lipinski definition) is 0. The third kappa shape index (κ3) is 4.08. The average molecular weight is 371 g/mol. The molecule has 2 fully saturated rings. The first-order valence-corrected chi connectivity index (χ1v) is 9.49. The van der Waals surface area contributed by atoms with E-state index in [0.29, 0.717) is 23.2 Å². The monoisotopic (exact) mass is 371 g/mol. The molecule has 3 heterocycles. The molecule has 2 aromatic rings. The van der Waals surface area contributed by atoms with E-state index in [1.807, 2.05) is 23.1 Å². The van der Waals surface area contributed by atoms with Gasteiger partial charge in [-0.25, -0.2) is 0 Å². The number of aromatic nitrogens is 1. The highest BCUT2D eigenvalue weighted by molar-refractivity contribution is 5.92. The van der Waals surface area contributed by atoms with Crippen LogP contribution in [0.2, 0.25) is 0 Å².